The number of nitrogens with one attached hydrogen (secondary N) is 2. The number of hydrogen-bond acceptors (Lipinski definition) is 3. The smallest absolute Gasteiger partial charge is 0.234 e. The number of hydrogen-bond donors (Lipinski definition) is 2. The standard InChI is InChI=1S/C17H25N3O.ClH/c1-3-9-19-17(21)13-20-11-10-18-12-16(20)15-7-5-14(4-2)6-8-15;/h3,5-8,16,18H,1,4,9-13H2,2H3,(H,19,21);1H. The summed E-state index contributed by atoms with van der Waals surface area (Å²) in [5.41, 5.74) is 2.62. The average Bonchev–Trinajstić information content (AvgIpc) is 2.53. The van der Waals surface area contributed by atoms with E-state index in [1.807, 2.05) is 0 Å². The summed E-state index contributed by atoms with van der Waals surface area (Å²) in [6.07, 6.45) is 2.76. The van der Waals surface area contributed by atoms with E-state index in [1.54, 1.807) is 6.08 Å². The van der Waals surface area contributed by atoms with E-state index in [0.29, 0.717) is 13.1 Å². The van der Waals surface area contributed by atoms with Crippen LogP contribution in [0.15, 0.2) is 36.9 Å². The molecule has 1 aliphatic heterocycles. The van der Waals surface area contributed by atoms with Crippen LogP contribution in [-0.4, -0.2) is 43.5 Å². The van der Waals surface area contributed by atoms with Gasteiger partial charge in [0.1, 0.15) is 0 Å². The predicted molar refractivity (Wildman–Crippen MR) is 93.5 cm³/mol. The predicted octanol–water partition coefficient (Wildman–Crippen LogP) is 1.92. The number of amides is 1. The fourth-order valence-corrected chi connectivity index (χ4v) is 2.67. The summed E-state index contributed by atoms with van der Waals surface area (Å²) >= 11 is 0. The molecular weight excluding hydrogens is 298 g/mol. The summed E-state index contributed by atoms with van der Waals surface area (Å²) in [5.74, 6) is 0.0620. The van der Waals surface area contributed by atoms with Crippen molar-refractivity contribution in [2.75, 3.05) is 32.7 Å². The van der Waals surface area contributed by atoms with Crippen LogP contribution in [-0.2, 0) is 11.2 Å². The summed E-state index contributed by atoms with van der Waals surface area (Å²) in [7, 11) is 0. The number of nitrogens with zero attached hydrogens (tertiary/aromatic N) is 1. The molecule has 1 saturated heterocycles. The molecule has 1 atom stereocenters. The minimum atomic E-state index is 0. The summed E-state index contributed by atoms with van der Waals surface area (Å²) in [4.78, 5) is 14.2. The highest BCUT2D eigenvalue weighted by Gasteiger charge is 2.25. The molecule has 1 aromatic carbocycles. The molecule has 0 aromatic heterocycles. The van der Waals surface area contributed by atoms with Crippen LogP contribution in [0, 0.1) is 0 Å². The highest BCUT2D eigenvalue weighted by molar-refractivity contribution is 5.85. The number of carbonyl (C=O) groups is 1. The van der Waals surface area contributed by atoms with Crippen molar-refractivity contribution in [1.29, 1.82) is 0 Å². The van der Waals surface area contributed by atoms with Gasteiger partial charge in [0.15, 0.2) is 0 Å². The van der Waals surface area contributed by atoms with Crippen LogP contribution in [0.2, 0.25) is 0 Å². The van der Waals surface area contributed by atoms with Crippen LogP contribution >= 0.6 is 12.4 Å². The van der Waals surface area contributed by atoms with Crippen molar-refractivity contribution >= 4 is 18.3 Å². The molecule has 0 radical (unpaired) electrons. The first-order chi connectivity index (χ1) is 10.2. The molecule has 1 amide bonds. The Balaban J connectivity index is 0.00000242. The van der Waals surface area contributed by atoms with Gasteiger partial charge in [0.2, 0.25) is 5.91 Å². The third-order valence-corrected chi connectivity index (χ3v) is 3.92. The van der Waals surface area contributed by atoms with Gasteiger partial charge in [-0.25, -0.2) is 0 Å². The van der Waals surface area contributed by atoms with Crippen LogP contribution in [0.3, 0.4) is 0 Å². The molecule has 1 heterocycles. The van der Waals surface area contributed by atoms with Crippen LogP contribution in [0.25, 0.3) is 0 Å². The first kappa shape index (κ1) is 18.7. The molecule has 0 aliphatic carbocycles. The fraction of sp³-hybridized carbons (Fsp3) is 0.471. The highest BCUT2D eigenvalue weighted by Crippen LogP contribution is 2.22. The lowest BCUT2D eigenvalue weighted by Crippen LogP contribution is -2.49. The van der Waals surface area contributed by atoms with Crippen LogP contribution in [0.5, 0.6) is 0 Å². The second-order valence-corrected chi connectivity index (χ2v) is 5.38. The molecule has 1 fully saturated rings. The Morgan fingerprint density at radius 2 is 2.18 bits per heavy atom. The molecule has 0 saturated carbocycles. The van der Waals surface area contributed by atoms with Gasteiger partial charge in [-0.1, -0.05) is 37.3 Å². The first-order valence-corrected chi connectivity index (χ1v) is 7.65. The highest BCUT2D eigenvalue weighted by atomic mass is 35.5. The maximum absolute atomic E-state index is 11.9. The Morgan fingerprint density at radius 3 is 2.82 bits per heavy atom. The number of carbonyl (C=O) groups excluding carboxylic acids is 1. The van der Waals surface area contributed by atoms with Crippen molar-refractivity contribution < 1.29 is 4.79 Å². The molecule has 22 heavy (non-hydrogen) atoms. The number of benzene rings is 1. The maximum Gasteiger partial charge on any atom is 0.234 e. The van der Waals surface area contributed by atoms with Gasteiger partial charge in [0.25, 0.3) is 0 Å². The van der Waals surface area contributed by atoms with Gasteiger partial charge < -0.3 is 10.6 Å². The van der Waals surface area contributed by atoms with Gasteiger partial charge in [-0.3, -0.25) is 9.69 Å². The molecule has 5 heteroatoms. The Labute approximate surface area is 139 Å². The maximum atomic E-state index is 11.9. The largest absolute Gasteiger partial charge is 0.352 e. The van der Waals surface area contributed by atoms with E-state index in [-0.39, 0.29) is 24.4 Å². The van der Waals surface area contributed by atoms with Crippen molar-refractivity contribution in [3.63, 3.8) is 0 Å². The van der Waals surface area contributed by atoms with Crippen LogP contribution < -0.4 is 10.6 Å². The lowest BCUT2D eigenvalue weighted by Gasteiger charge is -2.36. The number of piperazine rings is 1. The van der Waals surface area contributed by atoms with Crippen molar-refractivity contribution in [2.45, 2.75) is 19.4 Å². The van der Waals surface area contributed by atoms with Crippen molar-refractivity contribution in [3.05, 3.63) is 48.0 Å². The van der Waals surface area contributed by atoms with E-state index in [9.17, 15) is 4.79 Å². The van der Waals surface area contributed by atoms with E-state index in [1.165, 1.54) is 11.1 Å². The molecular formula is C17H26ClN3O. The third-order valence-electron chi connectivity index (χ3n) is 3.92. The Kier molecular flexibility index (Phi) is 8.17. The van der Waals surface area contributed by atoms with E-state index < -0.39 is 0 Å². The van der Waals surface area contributed by atoms with E-state index >= 15 is 0 Å². The van der Waals surface area contributed by atoms with Crippen LogP contribution in [0.1, 0.15) is 24.1 Å². The lowest BCUT2D eigenvalue weighted by atomic mass is 10.0. The van der Waals surface area contributed by atoms with Gasteiger partial charge >= 0.3 is 0 Å². The van der Waals surface area contributed by atoms with Gasteiger partial charge in [0, 0.05) is 32.2 Å². The summed E-state index contributed by atoms with van der Waals surface area (Å²) in [5, 5.41) is 6.27. The molecule has 0 spiro atoms. The number of halogens is 1. The zero-order valence-electron chi connectivity index (χ0n) is 13.2. The van der Waals surface area contributed by atoms with E-state index in [0.717, 1.165) is 26.1 Å². The monoisotopic (exact) mass is 323 g/mol. The van der Waals surface area contributed by atoms with E-state index in [4.69, 9.17) is 0 Å². The Morgan fingerprint density at radius 1 is 1.45 bits per heavy atom. The van der Waals surface area contributed by atoms with E-state index in [2.05, 4.69) is 53.3 Å². The zero-order chi connectivity index (χ0) is 15.1. The zero-order valence-corrected chi connectivity index (χ0v) is 14.0. The third kappa shape index (κ3) is 5.13. The molecule has 1 aromatic rings. The van der Waals surface area contributed by atoms with Crippen LogP contribution in [0.4, 0.5) is 0 Å². The van der Waals surface area contributed by atoms with Gasteiger partial charge in [-0.05, 0) is 17.5 Å². The number of aryl methyl sites for hydroxylation is 1. The summed E-state index contributed by atoms with van der Waals surface area (Å²) in [6.45, 7) is 9.46. The van der Waals surface area contributed by atoms with Crippen molar-refractivity contribution in [1.82, 2.24) is 15.5 Å². The molecule has 1 unspecified atom stereocenters. The van der Waals surface area contributed by atoms with Gasteiger partial charge in [0.05, 0.1) is 6.54 Å². The average molecular weight is 324 g/mol. The second kappa shape index (κ2) is 9.62. The second-order valence-electron chi connectivity index (χ2n) is 5.38. The molecule has 2 rings (SSSR count). The quantitative estimate of drug-likeness (QED) is 0.786. The fourth-order valence-electron chi connectivity index (χ4n) is 2.67. The molecule has 4 nitrogen and oxygen atoms in total. The minimum Gasteiger partial charge on any atom is -0.352 e. The van der Waals surface area contributed by atoms with Crippen molar-refractivity contribution in [2.24, 2.45) is 0 Å². The molecule has 122 valence electrons. The van der Waals surface area contributed by atoms with Gasteiger partial charge in [-0.15, -0.1) is 19.0 Å². The Bertz CT molecular complexity index is 475. The normalized spacial score (nSPS) is 18.3. The minimum absolute atomic E-state index is 0. The number of rotatable bonds is 6. The molecule has 0 bridgehead atoms. The first-order valence-electron chi connectivity index (χ1n) is 7.65. The SMILES string of the molecule is C=CCNC(=O)CN1CCNCC1c1ccc(CC)cc1.Cl. The topological polar surface area (TPSA) is 44.4 Å². The summed E-state index contributed by atoms with van der Waals surface area (Å²) < 4.78 is 0. The van der Waals surface area contributed by atoms with Gasteiger partial charge in [-0.2, -0.15) is 0 Å². The lowest BCUT2D eigenvalue weighted by molar-refractivity contribution is -0.122. The summed E-state index contributed by atoms with van der Waals surface area (Å²) in [6, 6.07) is 9.00. The van der Waals surface area contributed by atoms with Crippen molar-refractivity contribution in [3.8, 4) is 0 Å². The molecule has 1 aliphatic rings. The Hall–Kier alpha value is -1.36. The molecule has 2 N–H and O–H groups in total.